The van der Waals surface area contributed by atoms with Gasteiger partial charge in [0.1, 0.15) is 17.4 Å². The van der Waals surface area contributed by atoms with Gasteiger partial charge in [-0.05, 0) is 37.5 Å². The average Bonchev–Trinajstić information content (AvgIpc) is 2.57. The van der Waals surface area contributed by atoms with Crippen molar-refractivity contribution in [1.82, 2.24) is 5.32 Å². The first-order valence-corrected chi connectivity index (χ1v) is 8.32. The lowest BCUT2D eigenvalue weighted by Gasteiger charge is -2.22. The Bertz CT molecular complexity index is 870. The van der Waals surface area contributed by atoms with E-state index in [1.807, 2.05) is 6.92 Å². The van der Waals surface area contributed by atoms with Crippen molar-refractivity contribution in [3.63, 3.8) is 0 Å². The Labute approximate surface area is 151 Å². The number of carbonyl (C=O) groups is 2. The second-order valence-corrected chi connectivity index (χ2v) is 6.42. The SMILES string of the molecule is COC(=O)[C@@H](NC(=O)[C@@H](C)Oc1ccc2c(C)cc(=O)oc2c1)C(C)C. The van der Waals surface area contributed by atoms with Crippen molar-refractivity contribution < 1.29 is 23.5 Å². The summed E-state index contributed by atoms with van der Waals surface area (Å²) in [6.45, 7) is 7.00. The second kappa shape index (κ2) is 8.03. The number of aryl methyl sites for hydroxylation is 1. The number of hydrogen-bond donors (Lipinski definition) is 1. The number of nitrogens with one attached hydrogen (secondary N) is 1. The Morgan fingerprint density at radius 1 is 1.15 bits per heavy atom. The van der Waals surface area contributed by atoms with Crippen LogP contribution in [0.2, 0.25) is 0 Å². The van der Waals surface area contributed by atoms with E-state index in [4.69, 9.17) is 13.9 Å². The lowest BCUT2D eigenvalue weighted by atomic mass is 10.0. The molecule has 0 aliphatic heterocycles. The molecule has 0 unspecified atom stereocenters. The highest BCUT2D eigenvalue weighted by molar-refractivity contribution is 5.87. The summed E-state index contributed by atoms with van der Waals surface area (Å²) in [5, 5.41) is 3.42. The van der Waals surface area contributed by atoms with Gasteiger partial charge in [0.15, 0.2) is 6.10 Å². The minimum absolute atomic E-state index is 0.128. The van der Waals surface area contributed by atoms with E-state index >= 15 is 0 Å². The molecule has 0 fully saturated rings. The Morgan fingerprint density at radius 2 is 1.85 bits per heavy atom. The first-order valence-electron chi connectivity index (χ1n) is 8.32. The van der Waals surface area contributed by atoms with E-state index in [9.17, 15) is 14.4 Å². The van der Waals surface area contributed by atoms with Gasteiger partial charge in [0.05, 0.1) is 7.11 Å². The lowest BCUT2D eigenvalue weighted by Crippen LogP contribution is -2.49. The molecular formula is C19H23NO6. The fourth-order valence-corrected chi connectivity index (χ4v) is 2.53. The fraction of sp³-hybridized carbons (Fsp3) is 0.421. The number of carbonyl (C=O) groups excluding carboxylic acids is 2. The van der Waals surface area contributed by atoms with Crippen molar-refractivity contribution in [2.75, 3.05) is 7.11 Å². The zero-order valence-electron chi connectivity index (χ0n) is 15.5. The van der Waals surface area contributed by atoms with Gasteiger partial charge in [-0.15, -0.1) is 0 Å². The van der Waals surface area contributed by atoms with Gasteiger partial charge < -0.3 is 19.2 Å². The molecule has 0 saturated heterocycles. The molecule has 0 bridgehead atoms. The summed E-state index contributed by atoms with van der Waals surface area (Å²) in [6, 6.07) is 5.68. The quantitative estimate of drug-likeness (QED) is 0.626. The van der Waals surface area contributed by atoms with Crippen LogP contribution in [0.15, 0.2) is 33.5 Å². The zero-order valence-corrected chi connectivity index (χ0v) is 15.5. The van der Waals surface area contributed by atoms with E-state index in [0.717, 1.165) is 10.9 Å². The minimum Gasteiger partial charge on any atom is -0.481 e. The molecule has 1 aromatic heterocycles. The number of rotatable bonds is 6. The number of methoxy groups -OCH3 is 1. The molecule has 1 aromatic carbocycles. The van der Waals surface area contributed by atoms with Gasteiger partial charge in [-0.25, -0.2) is 9.59 Å². The molecule has 2 aromatic rings. The van der Waals surface area contributed by atoms with E-state index in [-0.39, 0.29) is 5.92 Å². The van der Waals surface area contributed by atoms with Crippen molar-refractivity contribution >= 4 is 22.8 Å². The van der Waals surface area contributed by atoms with Gasteiger partial charge in [-0.1, -0.05) is 13.8 Å². The number of ether oxygens (including phenoxy) is 2. The Kier molecular flexibility index (Phi) is 6.02. The molecule has 26 heavy (non-hydrogen) atoms. The van der Waals surface area contributed by atoms with E-state index in [1.54, 1.807) is 39.0 Å². The van der Waals surface area contributed by atoms with Crippen LogP contribution in [-0.2, 0) is 14.3 Å². The second-order valence-electron chi connectivity index (χ2n) is 6.42. The largest absolute Gasteiger partial charge is 0.481 e. The standard InChI is InChI=1S/C19H23NO6/c1-10(2)17(19(23)24-5)20-18(22)12(4)25-13-6-7-14-11(3)8-16(21)26-15(14)9-13/h6-10,12,17H,1-5H3,(H,20,22)/t12-,17+/m1/s1. The van der Waals surface area contributed by atoms with Crippen LogP contribution in [0.1, 0.15) is 26.3 Å². The Balaban J connectivity index is 2.14. The predicted octanol–water partition coefficient (Wildman–Crippen LogP) is 2.18. The van der Waals surface area contributed by atoms with Gasteiger partial charge in [0, 0.05) is 17.5 Å². The van der Waals surface area contributed by atoms with Crippen molar-refractivity contribution in [2.45, 2.75) is 39.8 Å². The van der Waals surface area contributed by atoms with E-state index in [0.29, 0.717) is 11.3 Å². The normalized spacial score (nSPS) is 13.3. The van der Waals surface area contributed by atoms with Crippen LogP contribution < -0.4 is 15.7 Å². The third-order valence-electron chi connectivity index (χ3n) is 4.02. The molecule has 0 spiro atoms. The Morgan fingerprint density at radius 3 is 2.46 bits per heavy atom. The third-order valence-corrected chi connectivity index (χ3v) is 4.02. The molecule has 7 heteroatoms. The van der Waals surface area contributed by atoms with Crippen molar-refractivity contribution in [3.05, 3.63) is 40.2 Å². The van der Waals surface area contributed by atoms with Crippen LogP contribution >= 0.6 is 0 Å². The average molecular weight is 361 g/mol. The minimum atomic E-state index is -0.852. The summed E-state index contributed by atoms with van der Waals surface area (Å²) in [4.78, 5) is 35.6. The first kappa shape index (κ1) is 19.5. The highest BCUT2D eigenvalue weighted by atomic mass is 16.5. The molecule has 7 nitrogen and oxygen atoms in total. The molecule has 0 aliphatic carbocycles. The molecule has 2 atom stereocenters. The predicted molar refractivity (Wildman–Crippen MR) is 96.1 cm³/mol. The van der Waals surface area contributed by atoms with Crippen LogP contribution in [-0.4, -0.2) is 31.1 Å². The molecule has 1 amide bonds. The smallest absolute Gasteiger partial charge is 0.336 e. The lowest BCUT2D eigenvalue weighted by molar-refractivity contribution is -0.147. The number of hydrogen-bond acceptors (Lipinski definition) is 6. The maximum absolute atomic E-state index is 12.3. The topological polar surface area (TPSA) is 94.8 Å². The summed E-state index contributed by atoms with van der Waals surface area (Å²) >= 11 is 0. The highest BCUT2D eigenvalue weighted by Gasteiger charge is 2.27. The molecule has 140 valence electrons. The molecule has 0 saturated carbocycles. The van der Waals surface area contributed by atoms with Crippen LogP contribution in [0.5, 0.6) is 5.75 Å². The summed E-state index contributed by atoms with van der Waals surface area (Å²) in [6.07, 6.45) is -0.852. The maximum Gasteiger partial charge on any atom is 0.336 e. The number of benzene rings is 1. The van der Waals surface area contributed by atoms with Crippen LogP contribution in [0.25, 0.3) is 11.0 Å². The summed E-state index contributed by atoms with van der Waals surface area (Å²) < 4.78 is 15.5. The van der Waals surface area contributed by atoms with Crippen LogP contribution in [0, 0.1) is 12.8 Å². The van der Waals surface area contributed by atoms with Crippen molar-refractivity contribution in [2.24, 2.45) is 5.92 Å². The molecule has 0 aliphatic rings. The summed E-state index contributed by atoms with van der Waals surface area (Å²) in [7, 11) is 1.27. The summed E-state index contributed by atoms with van der Waals surface area (Å²) in [5.41, 5.74) is 0.733. The van der Waals surface area contributed by atoms with Crippen LogP contribution in [0.3, 0.4) is 0 Å². The number of esters is 1. The Hall–Kier alpha value is -2.83. The molecule has 2 rings (SSSR count). The zero-order chi connectivity index (χ0) is 19.4. The van der Waals surface area contributed by atoms with Gasteiger partial charge in [0.25, 0.3) is 5.91 Å². The third kappa shape index (κ3) is 4.41. The molecule has 0 radical (unpaired) electrons. The molecular weight excluding hydrogens is 338 g/mol. The summed E-state index contributed by atoms with van der Waals surface area (Å²) in [5.74, 6) is -0.701. The first-order chi connectivity index (χ1) is 12.2. The number of fused-ring (bicyclic) bond motifs is 1. The van der Waals surface area contributed by atoms with Crippen LogP contribution in [0.4, 0.5) is 0 Å². The van der Waals surface area contributed by atoms with E-state index in [2.05, 4.69) is 5.32 Å². The molecule has 1 heterocycles. The van der Waals surface area contributed by atoms with Crippen molar-refractivity contribution in [1.29, 1.82) is 0 Å². The van der Waals surface area contributed by atoms with Gasteiger partial charge in [-0.3, -0.25) is 4.79 Å². The number of amides is 1. The van der Waals surface area contributed by atoms with Gasteiger partial charge >= 0.3 is 11.6 Å². The van der Waals surface area contributed by atoms with E-state index < -0.39 is 29.6 Å². The maximum atomic E-state index is 12.3. The highest BCUT2D eigenvalue weighted by Crippen LogP contribution is 2.23. The monoisotopic (exact) mass is 361 g/mol. The van der Waals surface area contributed by atoms with Crippen molar-refractivity contribution in [3.8, 4) is 5.75 Å². The fourth-order valence-electron chi connectivity index (χ4n) is 2.53. The van der Waals surface area contributed by atoms with E-state index in [1.165, 1.54) is 13.2 Å². The van der Waals surface area contributed by atoms with Gasteiger partial charge in [0.2, 0.25) is 0 Å². The van der Waals surface area contributed by atoms with Gasteiger partial charge in [-0.2, -0.15) is 0 Å². The molecule has 1 N–H and O–H groups in total.